The summed E-state index contributed by atoms with van der Waals surface area (Å²) < 4.78 is 0. The van der Waals surface area contributed by atoms with Crippen molar-refractivity contribution in [3.05, 3.63) is 34.9 Å². The minimum Gasteiger partial charge on any atom is -0.392 e. The molecule has 0 saturated heterocycles. The molecule has 0 aromatic heterocycles. The van der Waals surface area contributed by atoms with Gasteiger partial charge in [0, 0.05) is 0 Å². The smallest absolute Gasteiger partial charge is 0.0994 e. The third-order valence-electron chi connectivity index (χ3n) is 7.17. The van der Waals surface area contributed by atoms with Gasteiger partial charge >= 0.3 is 0 Å². The lowest BCUT2D eigenvalue weighted by Crippen LogP contribution is -2.44. The summed E-state index contributed by atoms with van der Waals surface area (Å²) >= 11 is 0. The first-order chi connectivity index (χ1) is 10.6. The van der Waals surface area contributed by atoms with Gasteiger partial charge in [-0.05, 0) is 78.4 Å². The van der Waals surface area contributed by atoms with Crippen LogP contribution in [0.1, 0.15) is 62.1 Å². The van der Waals surface area contributed by atoms with E-state index in [2.05, 4.69) is 32.0 Å². The number of rotatable bonds is 0. The quantitative estimate of drug-likeness (QED) is 0.785. The topological polar surface area (TPSA) is 44.0 Å². The summed E-state index contributed by atoms with van der Waals surface area (Å²) in [5.41, 5.74) is 3.74. The summed E-state index contributed by atoms with van der Waals surface area (Å²) in [6.07, 6.45) is 5.56. The average Bonchev–Trinajstić information content (AvgIpc) is 2.77. The van der Waals surface area contributed by atoms with Gasteiger partial charge in [0.2, 0.25) is 0 Å². The number of nitrogens with zero attached hydrogens (tertiary/aromatic N) is 1. The van der Waals surface area contributed by atoms with Gasteiger partial charge in [0.15, 0.2) is 0 Å². The van der Waals surface area contributed by atoms with Gasteiger partial charge in [0.1, 0.15) is 0 Å². The second kappa shape index (κ2) is 4.83. The molecule has 22 heavy (non-hydrogen) atoms. The van der Waals surface area contributed by atoms with Crippen molar-refractivity contribution in [3.63, 3.8) is 0 Å². The second-order valence-corrected chi connectivity index (χ2v) is 8.10. The fraction of sp³-hybridized carbons (Fsp3) is 0.650. The van der Waals surface area contributed by atoms with Crippen molar-refractivity contribution in [2.45, 2.75) is 58.0 Å². The van der Waals surface area contributed by atoms with Crippen molar-refractivity contribution in [2.24, 2.45) is 23.2 Å². The van der Waals surface area contributed by atoms with Crippen LogP contribution < -0.4 is 0 Å². The van der Waals surface area contributed by atoms with Crippen LogP contribution in [0.3, 0.4) is 0 Å². The summed E-state index contributed by atoms with van der Waals surface area (Å²) in [6, 6.07) is 8.65. The van der Waals surface area contributed by atoms with Gasteiger partial charge in [-0.2, -0.15) is 5.26 Å². The molecule has 0 bridgehead atoms. The van der Waals surface area contributed by atoms with Crippen LogP contribution in [0.2, 0.25) is 0 Å². The zero-order valence-corrected chi connectivity index (χ0v) is 13.5. The van der Waals surface area contributed by atoms with Gasteiger partial charge in [-0.15, -0.1) is 0 Å². The van der Waals surface area contributed by atoms with E-state index in [4.69, 9.17) is 0 Å². The molecule has 0 amide bonds. The molecule has 1 N–H and O–H groups in total. The highest BCUT2D eigenvalue weighted by molar-refractivity contribution is 5.46. The minimum atomic E-state index is -0.134. The zero-order valence-electron chi connectivity index (χ0n) is 13.5. The predicted molar refractivity (Wildman–Crippen MR) is 86.3 cm³/mol. The van der Waals surface area contributed by atoms with Crippen LogP contribution in [0.15, 0.2) is 18.2 Å². The molecular formula is C20H25NO. The van der Waals surface area contributed by atoms with Crippen LogP contribution in [0.4, 0.5) is 0 Å². The molecule has 3 aliphatic rings. The minimum absolute atomic E-state index is 0.116. The first-order valence-corrected chi connectivity index (χ1v) is 8.76. The number of hydrogen-bond donors (Lipinski definition) is 1. The number of hydrogen-bond acceptors (Lipinski definition) is 2. The van der Waals surface area contributed by atoms with E-state index in [1.54, 1.807) is 0 Å². The maximum absolute atomic E-state index is 10.7. The molecule has 0 radical (unpaired) electrons. The predicted octanol–water partition coefficient (Wildman–Crippen LogP) is 4.02. The summed E-state index contributed by atoms with van der Waals surface area (Å²) in [5, 5.41) is 20.0. The molecule has 2 heteroatoms. The molecule has 3 aliphatic carbocycles. The van der Waals surface area contributed by atoms with E-state index < -0.39 is 0 Å². The van der Waals surface area contributed by atoms with E-state index in [-0.39, 0.29) is 11.5 Å². The Labute approximate surface area is 133 Å². The second-order valence-electron chi connectivity index (χ2n) is 8.10. The molecule has 3 unspecified atom stereocenters. The molecule has 6 atom stereocenters. The van der Waals surface area contributed by atoms with E-state index >= 15 is 0 Å². The molecule has 1 aromatic rings. The number of nitriles is 1. The van der Waals surface area contributed by atoms with Gasteiger partial charge in [-0.3, -0.25) is 0 Å². The summed E-state index contributed by atoms with van der Waals surface area (Å²) in [4.78, 5) is 0. The third-order valence-corrected chi connectivity index (χ3v) is 7.17. The molecule has 2 nitrogen and oxygen atoms in total. The highest BCUT2D eigenvalue weighted by atomic mass is 16.3. The lowest BCUT2D eigenvalue weighted by Gasteiger charge is -2.50. The number of aliphatic hydroxyl groups excluding tert-OH is 1. The Hall–Kier alpha value is -1.33. The third kappa shape index (κ3) is 1.75. The summed E-state index contributed by atoms with van der Waals surface area (Å²) in [7, 11) is 0. The maximum Gasteiger partial charge on any atom is 0.0994 e. The van der Waals surface area contributed by atoms with Crippen LogP contribution in [-0.2, 0) is 6.42 Å². The normalized spacial score (nSPS) is 42.9. The van der Waals surface area contributed by atoms with Crippen LogP contribution >= 0.6 is 0 Å². The van der Waals surface area contributed by atoms with Gasteiger partial charge in [-0.25, -0.2) is 0 Å². The lowest BCUT2D eigenvalue weighted by atomic mass is 9.55. The first kappa shape index (κ1) is 14.3. The fourth-order valence-electron chi connectivity index (χ4n) is 6.06. The molecule has 116 valence electrons. The number of benzene rings is 1. The highest BCUT2D eigenvalue weighted by Gasteiger charge is 2.56. The monoisotopic (exact) mass is 295 g/mol. The van der Waals surface area contributed by atoms with Crippen LogP contribution in [0, 0.1) is 34.5 Å². The van der Waals surface area contributed by atoms with E-state index in [0.29, 0.717) is 23.7 Å². The molecule has 2 saturated carbocycles. The van der Waals surface area contributed by atoms with E-state index in [0.717, 1.165) is 18.4 Å². The highest BCUT2D eigenvalue weighted by Crippen LogP contribution is 2.62. The van der Waals surface area contributed by atoms with E-state index in [9.17, 15) is 10.4 Å². The summed E-state index contributed by atoms with van der Waals surface area (Å²) in [5.74, 6) is 2.38. The van der Waals surface area contributed by atoms with E-state index in [1.165, 1.54) is 30.4 Å². The van der Waals surface area contributed by atoms with Crippen molar-refractivity contribution in [1.29, 1.82) is 5.26 Å². The molecule has 0 spiro atoms. The summed E-state index contributed by atoms with van der Waals surface area (Å²) in [6.45, 7) is 4.54. The maximum atomic E-state index is 10.7. The molecule has 2 fully saturated rings. The Morgan fingerprint density at radius 1 is 1.32 bits per heavy atom. The molecule has 1 aromatic carbocycles. The number of fused-ring (bicyclic) bond motifs is 5. The Balaban J connectivity index is 1.74. The van der Waals surface area contributed by atoms with Crippen molar-refractivity contribution in [3.8, 4) is 6.07 Å². The van der Waals surface area contributed by atoms with E-state index in [1.807, 2.05) is 6.07 Å². The SMILES string of the molecule is C[C@H]1CC2C3CCc4c(C#N)cccc4C3CC[C@]2(C)[C@H]1O. The van der Waals surface area contributed by atoms with Crippen molar-refractivity contribution >= 4 is 0 Å². The Morgan fingerprint density at radius 2 is 2.14 bits per heavy atom. The van der Waals surface area contributed by atoms with Crippen LogP contribution in [0.25, 0.3) is 0 Å². The Morgan fingerprint density at radius 3 is 2.91 bits per heavy atom. The number of aliphatic hydroxyl groups is 1. The van der Waals surface area contributed by atoms with Crippen LogP contribution in [0.5, 0.6) is 0 Å². The fourth-order valence-corrected chi connectivity index (χ4v) is 6.06. The Kier molecular flexibility index (Phi) is 3.13. The largest absolute Gasteiger partial charge is 0.392 e. The van der Waals surface area contributed by atoms with Crippen LogP contribution in [-0.4, -0.2) is 11.2 Å². The first-order valence-electron chi connectivity index (χ1n) is 8.76. The Bertz CT molecular complexity index is 646. The molecule has 0 heterocycles. The standard InChI is InChI=1S/C20H25NO/c1-12-10-18-17-7-6-14-13(11-21)4-3-5-15(14)16(17)8-9-20(18,2)19(12)22/h3-5,12,16-19,22H,6-10H2,1-2H3/t12-,16?,17?,18?,19-,20-/m0/s1. The van der Waals surface area contributed by atoms with Gasteiger partial charge in [-0.1, -0.05) is 26.0 Å². The zero-order chi connectivity index (χ0) is 15.5. The lowest BCUT2D eigenvalue weighted by molar-refractivity contribution is -0.0309. The van der Waals surface area contributed by atoms with Gasteiger partial charge < -0.3 is 5.11 Å². The molecular weight excluding hydrogens is 270 g/mol. The van der Waals surface area contributed by atoms with Gasteiger partial charge in [0.25, 0.3) is 0 Å². The van der Waals surface area contributed by atoms with Crippen molar-refractivity contribution < 1.29 is 5.11 Å². The van der Waals surface area contributed by atoms with Crippen molar-refractivity contribution in [1.82, 2.24) is 0 Å². The van der Waals surface area contributed by atoms with Gasteiger partial charge in [0.05, 0.1) is 17.7 Å². The molecule has 4 rings (SSSR count). The van der Waals surface area contributed by atoms with Crippen molar-refractivity contribution in [2.75, 3.05) is 0 Å². The molecule has 0 aliphatic heterocycles. The average molecular weight is 295 g/mol.